The molecule has 2 aromatic rings. The zero-order chi connectivity index (χ0) is 25.7. The minimum absolute atomic E-state index is 0.0170. The maximum Gasteiger partial charge on any atom is 0.387 e. The molecule has 1 aliphatic heterocycles. The number of ether oxygens (including phenoxy) is 2. The van der Waals surface area contributed by atoms with Gasteiger partial charge in [0.1, 0.15) is 17.4 Å². The minimum Gasteiger partial charge on any atom is -0.433 e. The molecule has 2 aromatic heterocycles. The van der Waals surface area contributed by atoms with Crippen molar-refractivity contribution in [3.63, 3.8) is 0 Å². The van der Waals surface area contributed by atoms with Gasteiger partial charge in [0.15, 0.2) is 5.54 Å². The fourth-order valence-corrected chi connectivity index (χ4v) is 4.19. The number of halogens is 3. The number of nitriles is 1. The van der Waals surface area contributed by atoms with Crippen LogP contribution in [0.3, 0.4) is 0 Å². The quantitative estimate of drug-likeness (QED) is 0.472. The lowest BCUT2D eigenvalue weighted by molar-refractivity contribution is -0.126. The molecule has 1 fully saturated rings. The largest absolute Gasteiger partial charge is 0.433 e. The number of pyridine rings is 2. The van der Waals surface area contributed by atoms with Crippen LogP contribution in [0.15, 0.2) is 48.1 Å². The first-order valence-corrected chi connectivity index (χ1v) is 11.2. The van der Waals surface area contributed by atoms with E-state index in [0.717, 1.165) is 12.4 Å². The van der Waals surface area contributed by atoms with Crippen molar-refractivity contribution in [1.29, 1.82) is 10.7 Å². The number of alkyl halides is 2. The third-order valence-corrected chi connectivity index (χ3v) is 6.06. The summed E-state index contributed by atoms with van der Waals surface area (Å²) in [6.45, 7) is -2.54. The van der Waals surface area contributed by atoms with Gasteiger partial charge in [-0.2, -0.15) is 14.0 Å². The molecule has 2 atom stereocenters. The summed E-state index contributed by atoms with van der Waals surface area (Å²) in [6.07, 6.45) is 4.78. The number of rotatable bonds is 8. The minimum atomic E-state index is -3.03. The number of aromatic nitrogens is 2. The van der Waals surface area contributed by atoms with Crippen LogP contribution in [0.4, 0.5) is 19.0 Å². The molecule has 0 radical (unpaired) electrons. The molecule has 36 heavy (non-hydrogen) atoms. The molecule has 12 heteroatoms. The molecule has 4 rings (SSSR count). The first-order chi connectivity index (χ1) is 17.3. The van der Waals surface area contributed by atoms with E-state index in [0.29, 0.717) is 43.0 Å². The van der Waals surface area contributed by atoms with Crippen LogP contribution in [0.25, 0.3) is 0 Å². The zero-order valence-electron chi connectivity index (χ0n) is 19.1. The van der Waals surface area contributed by atoms with Crippen molar-refractivity contribution in [1.82, 2.24) is 15.3 Å². The molecule has 0 bridgehead atoms. The highest BCUT2D eigenvalue weighted by Crippen LogP contribution is 2.33. The maximum atomic E-state index is 13.4. The van der Waals surface area contributed by atoms with Crippen LogP contribution >= 0.6 is 0 Å². The van der Waals surface area contributed by atoms with Crippen molar-refractivity contribution in [3.8, 4) is 11.8 Å². The van der Waals surface area contributed by atoms with E-state index in [-0.39, 0.29) is 36.0 Å². The van der Waals surface area contributed by atoms with Crippen molar-refractivity contribution in [3.05, 3.63) is 59.4 Å². The van der Waals surface area contributed by atoms with Crippen molar-refractivity contribution >= 4 is 17.4 Å². The fourth-order valence-electron chi connectivity index (χ4n) is 4.19. The van der Waals surface area contributed by atoms with E-state index in [4.69, 9.17) is 10.1 Å². The average Bonchev–Trinajstić information content (AvgIpc) is 3.33. The Kier molecular flexibility index (Phi) is 7.49. The normalized spacial score (nSPS) is 21.7. The number of amides is 1. The standard InChI is InChI=1S/C24H23F3N6O3/c25-16-2-4-20(31-10-16)32-19-8-14(22(34)33-24(12-28)5-6-35-13-24)1-3-18(19)21(29)15-7-17(11-30-9-15)36-23(26)27/h2,4,7,9-11,14,23,29H,1,3,5-6,8,13H2,(H,31,32)(H,33,34)/t14-,24?/m1/s1. The molecule has 3 heterocycles. The number of hydrogen-bond acceptors (Lipinski definition) is 8. The summed E-state index contributed by atoms with van der Waals surface area (Å²) in [4.78, 5) is 21.0. The van der Waals surface area contributed by atoms with Crippen molar-refractivity contribution < 1.29 is 27.4 Å². The molecule has 3 N–H and O–H groups in total. The van der Waals surface area contributed by atoms with E-state index < -0.39 is 23.9 Å². The Hall–Kier alpha value is -3.98. The number of carbonyl (C=O) groups excluding carboxylic acids is 1. The first kappa shape index (κ1) is 25.1. The van der Waals surface area contributed by atoms with E-state index in [1.807, 2.05) is 0 Å². The van der Waals surface area contributed by atoms with Crippen LogP contribution in [-0.2, 0) is 9.53 Å². The predicted octanol–water partition coefficient (Wildman–Crippen LogP) is 3.55. The van der Waals surface area contributed by atoms with Gasteiger partial charge in [0, 0.05) is 29.8 Å². The Morgan fingerprint density at radius 2 is 2.17 bits per heavy atom. The Balaban J connectivity index is 1.61. The molecule has 2 aliphatic rings. The predicted molar refractivity (Wildman–Crippen MR) is 122 cm³/mol. The molecule has 1 saturated heterocycles. The van der Waals surface area contributed by atoms with Crippen LogP contribution in [0, 0.1) is 28.5 Å². The molecule has 1 unspecified atom stereocenters. The molecular weight excluding hydrogens is 477 g/mol. The molecule has 1 amide bonds. The third kappa shape index (κ3) is 5.80. The lowest BCUT2D eigenvalue weighted by Crippen LogP contribution is -2.50. The Labute approximate surface area is 204 Å². The summed E-state index contributed by atoms with van der Waals surface area (Å²) >= 11 is 0. The van der Waals surface area contributed by atoms with Crippen molar-refractivity contribution in [2.75, 3.05) is 18.5 Å². The van der Waals surface area contributed by atoms with E-state index in [1.165, 1.54) is 24.4 Å². The first-order valence-electron chi connectivity index (χ1n) is 11.2. The number of nitrogens with zero attached hydrogens (tertiary/aromatic N) is 3. The summed E-state index contributed by atoms with van der Waals surface area (Å²) in [5.41, 5.74) is 0.225. The van der Waals surface area contributed by atoms with Crippen LogP contribution in [0.2, 0.25) is 0 Å². The Morgan fingerprint density at radius 1 is 1.33 bits per heavy atom. The molecular formula is C24H23F3N6O3. The summed E-state index contributed by atoms with van der Waals surface area (Å²) in [6, 6.07) is 6.07. The number of anilines is 1. The van der Waals surface area contributed by atoms with Crippen molar-refractivity contribution in [2.24, 2.45) is 5.92 Å². The van der Waals surface area contributed by atoms with E-state index in [2.05, 4.69) is 31.4 Å². The lowest BCUT2D eigenvalue weighted by Gasteiger charge is -2.30. The lowest BCUT2D eigenvalue weighted by atomic mass is 9.82. The van der Waals surface area contributed by atoms with Gasteiger partial charge >= 0.3 is 6.61 Å². The Morgan fingerprint density at radius 3 is 2.83 bits per heavy atom. The molecule has 188 valence electrons. The zero-order valence-corrected chi connectivity index (χ0v) is 19.1. The number of allylic oxidation sites excluding steroid dienone is 2. The van der Waals surface area contributed by atoms with Crippen molar-refractivity contribution in [2.45, 2.75) is 37.8 Å². The Bertz CT molecular complexity index is 1210. The van der Waals surface area contributed by atoms with E-state index >= 15 is 0 Å². The van der Waals surface area contributed by atoms with Crippen LogP contribution < -0.4 is 15.4 Å². The summed E-state index contributed by atoms with van der Waals surface area (Å²) in [5, 5.41) is 24.2. The smallest absolute Gasteiger partial charge is 0.387 e. The van der Waals surface area contributed by atoms with Gasteiger partial charge in [0.2, 0.25) is 5.91 Å². The highest BCUT2D eigenvalue weighted by atomic mass is 19.3. The maximum absolute atomic E-state index is 13.4. The second-order valence-electron chi connectivity index (χ2n) is 8.53. The highest BCUT2D eigenvalue weighted by molar-refractivity contribution is 6.11. The second-order valence-corrected chi connectivity index (χ2v) is 8.53. The van der Waals surface area contributed by atoms with Gasteiger partial charge in [0.25, 0.3) is 0 Å². The van der Waals surface area contributed by atoms with Crippen LogP contribution in [0.1, 0.15) is 31.2 Å². The SMILES string of the molecule is N#CC1(NC(=O)[C@@H]2CCC(C(=N)c3cncc(OC(F)F)c3)=C(Nc3ccc(F)cn3)C2)CCOC1. The fraction of sp³-hybridized carbons (Fsp3) is 0.375. The van der Waals surface area contributed by atoms with Gasteiger partial charge in [0.05, 0.1) is 37.4 Å². The van der Waals surface area contributed by atoms with Gasteiger partial charge in [-0.1, -0.05) is 0 Å². The van der Waals surface area contributed by atoms with Gasteiger partial charge in [-0.3, -0.25) is 15.2 Å². The van der Waals surface area contributed by atoms with Gasteiger partial charge in [-0.25, -0.2) is 9.37 Å². The molecule has 9 nitrogen and oxygen atoms in total. The van der Waals surface area contributed by atoms with Gasteiger partial charge < -0.3 is 20.1 Å². The number of nitrogens with one attached hydrogen (secondary N) is 3. The third-order valence-electron chi connectivity index (χ3n) is 6.06. The summed E-state index contributed by atoms with van der Waals surface area (Å²) in [5.74, 6) is -1.22. The summed E-state index contributed by atoms with van der Waals surface area (Å²) < 4.78 is 48.3. The van der Waals surface area contributed by atoms with Gasteiger partial charge in [-0.15, -0.1) is 0 Å². The second kappa shape index (κ2) is 10.7. The average molecular weight is 500 g/mol. The van der Waals surface area contributed by atoms with E-state index in [1.54, 1.807) is 0 Å². The van der Waals surface area contributed by atoms with Crippen LogP contribution in [-0.4, -0.2) is 47.0 Å². The van der Waals surface area contributed by atoms with E-state index in [9.17, 15) is 23.2 Å². The van der Waals surface area contributed by atoms with Gasteiger partial charge in [-0.05, 0) is 43.0 Å². The van der Waals surface area contributed by atoms with Crippen LogP contribution in [0.5, 0.6) is 5.75 Å². The number of hydrogen-bond donors (Lipinski definition) is 3. The number of carbonyl (C=O) groups is 1. The summed E-state index contributed by atoms with van der Waals surface area (Å²) in [7, 11) is 0. The molecule has 1 aliphatic carbocycles. The topological polar surface area (TPSA) is 133 Å². The monoisotopic (exact) mass is 500 g/mol. The molecule has 0 aromatic carbocycles. The molecule has 0 spiro atoms. The highest BCUT2D eigenvalue weighted by Gasteiger charge is 2.39. The molecule has 0 saturated carbocycles.